The minimum absolute atomic E-state index is 0.0220. The molecule has 0 aliphatic carbocycles. The maximum absolute atomic E-state index is 12.4. The SMILES string of the molecule is CNCC1CCCN1C(=O)c1ccc(C(N)=O)cc1. The lowest BCUT2D eigenvalue weighted by molar-refractivity contribution is 0.0736. The highest BCUT2D eigenvalue weighted by Crippen LogP contribution is 2.19. The first-order chi connectivity index (χ1) is 9.13. The normalized spacial score (nSPS) is 18.6. The van der Waals surface area contributed by atoms with Gasteiger partial charge in [-0.05, 0) is 44.2 Å². The van der Waals surface area contributed by atoms with E-state index >= 15 is 0 Å². The summed E-state index contributed by atoms with van der Waals surface area (Å²) >= 11 is 0. The van der Waals surface area contributed by atoms with Gasteiger partial charge in [0, 0.05) is 30.3 Å². The second-order valence-electron chi connectivity index (χ2n) is 4.79. The molecule has 1 aliphatic heterocycles. The van der Waals surface area contributed by atoms with E-state index in [0.29, 0.717) is 11.1 Å². The van der Waals surface area contributed by atoms with Crippen molar-refractivity contribution in [1.82, 2.24) is 10.2 Å². The first-order valence-corrected chi connectivity index (χ1v) is 6.49. The van der Waals surface area contributed by atoms with Crippen molar-refractivity contribution in [1.29, 1.82) is 0 Å². The summed E-state index contributed by atoms with van der Waals surface area (Å²) < 4.78 is 0. The zero-order chi connectivity index (χ0) is 13.8. The summed E-state index contributed by atoms with van der Waals surface area (Å²) in [7, 11) is 1.89. The number of carbonyl (C=O) groups excluding carboxylic acids is 2. The van der Waals surface area contributed by atoms with Crippen LogP contribution in [0.4, 0.5) is 0 Å². The van der Waals surface area contributed by atoms with Gasteiger partial charge in [-0.3, -0.25) is 9.59 Å². The highest BCUT2D eigenvalue weighted by atomic mass is 16.2. The molecule has 5 heteroatoms. The maximum atomic E-state index is 12.4. The van der Waals surface area contributed by atoms with E-state index in [0.717, 1.165) is 25.9 Å². The number of likely N-dealkylation sites (tertiary alicyclic amines) is 1. The molecule has 3 N–H and O–H groups in total. The molecule has 0 aromatic heterocycles. The van der Waals surface area contributed by atoms with Gasteiger partial charge in [0.2, 0.25) is 5.91 Å². The minimum Gasteiger partial charge on any atom is -0.366 e. The van der Waals surface area contributed by atoms with Crippen molar-refractivity contribution in [3.8, 4) is 0 Å². The molecule has 5 nitrogen and oxygen atoms in total. The van der Waals surface area contributed by atoms with Gasteiger partial charge in [-0.2, -0.15) is 0 Å². The Morgan fingerprint density at radius 1 is 1.32 bits per heavy atom. The number of amides is 2. The van der Waals surface area contributed by atoms with Gasteiger partial charge in [0.1, 0.15) is 0 Å². The first kappa shape index (κ1) is 13.5. The summed E-state index contributed by atoms with van der Waals surface area (Å²) in [6.45, 7) is 1.61. The van der Waals surface area contributed by atoms with Crippen molar-refractivity contribution in [3.63, 3.8) is 0 Å². The molecule has 1 heterocycles. The van der Waals surface area contributed by atoms with Crippen LogP contribution in [0.2, 0.25) is 0 Å². The van der Waals surface area contributed by atoms with Crippen molar-refractivity contribution < 1.29 is 9.59 Å². The molecule has 2 amide bonds. The molecule has 1 aromatic carbocycles. The van der Waals surface area contributed by atoms with Crippen molar-refractivity contribution in [3.05, 3.63) is 35.4 Å². The second kappa shape index (κ2) is 5.84. The largest absolute Gasteiger partial charge is 0.366 e. The molecule has 0 radical (unpaired) electrons. The van der Waals surface area contributed by atoms with E-state index in [4.69, 9.17) is 5.73 Å². The highest BCUT2D eigenvalue weighted by Gasteiger charge is 2.28. The number of likely N-dealkylation sites (N-methyl/N-ethyl adjacent to an activating group) is 1. The van der Waals surface area contributed by atoms with Gasteiger partial charge in [-0.1, -0.05) is 0 Å². The number of primary amides is 1. The fourth-order valence-electron chi connectivity index (χ4n) is 2.49. The Morgan fingerprint density at radius 3 is 2.53 bits per heavy atom. The monoisotopic (exact) mass is 261 g/mol. The average molecular weight is 261 g/mol. The summed E-state index contributed by atoms with van der Waals surface area (Å²) in [5, 5.41) is 3.11. The molecule has 0 saturated carbocycles. The van der Waals surface area contributed by atoms with Crippen LogP contribution in [-0.2, 0) is 0 Å². The first-order valence-electron chi connectivity index (χ1n) is 6.49. The Labute approximate surface area is 112 Å². The van der Waals surface area contributed by atoms with E-state index in [-0.39, 0.29) is 11.9 Å². The van der Waals surface area contributed by atoms with Gasteiger partial charge < -0.3 is 16.0 Å². The van der Waals surface area contributed by atoms with Gasteiger partial charge in [0.25, 0.3) is 5.91 Å². The average Bonchev–Trinajstić information content (AvgIpc) is 2.87. The Morgan fingerprint density at radius 2 is 1.95 bits per heavy atom. The molecular weight excluding hydrogens is 242 g/mol. The van der Waals surface area contributed by atoms with Crippen molar-refractivity contribution in [2.45, 2.75) is 18.9 Å². The smallest absolute Gasteiger partial charge is 0.254 e. The summed E-state index contributed by atoms with van der Waals surface area (Å²) in [5.74, 6) is -0.456. The number of carbonyl (C=O) groups is 2. The Bertz CT molecular complexity index is 470. The molecule has 19 heavy (non-hydrogen) atoms. The van der Waals surface area contributed by atoms with Crippen molar-refractivity contribution in [2.24, 2.45) is 5.73 Å². The number of benzene rings is 1. The number of nitrogens with one attached hydrogen (secondary N) is 1. The quantitative estimate of drug-likeness (QED) is 0.834. The fourth-order valence-corrected chi connectivity index (χ4v) is 2.49. The van der Waals surface area contributed by atoms with E-state index < -0.39 is 5.91 Å². The summed E-state index contributed by atoms with van der Waals surface area (Å²) in [6.07, 6.45) is 2.07. The van der Waals surface area contributed by atoms with Gasteiger partial charge in [0.05, 0.1) is 0 Å². The molecule has 0 spiro atoms. The zero-order valence-corrected chi connectivity index (χ0v) is 11.1. The standard InChI is InChI=1S/C14H19N3O2/c1-16-9-12-3-2-8-17(12)14(19)11-6-4-10(5-7-11)13(15)18/h4-7,12,16H,2-3,8-9H2,1H3,(H2,15,18). The molecule has 1 aliphatic rings. The van der Waals surface area contributed by atoms with Crippen LogP contribution >= 0.6 is 0 Å². The minimum atomic E-state index is -0.478. The second-order valence-corrected chi connectivity index (χ2v) is 4.79. The third-order valence-electron chi connectivity index (χ3n) is 3.49. The summed E-state index contributed by atoms with van der Waals surface area (Å²) in [4.78, 5) is 25.3. The molecule has 1 fully saturated rings. The number of hydrogen-bond donors (Lipinski definition) is 2. The Balaban J connectivity index is 2.12. The van der Waals surface area contributed by atoms with Crippen LogP contribution in [0.15, 0.2) is 24.3 Å². The third-order valence-corrected chi connectivity index (χ3v) is 3.49. The van der Waals surface area contributed by atoms with Crippen LogP contribution in [0.5, 0.6) is 0 Å². The lowest BCUT2D eigenvalue weighted by Crippen LogP contribution is -2.40. The topological polar surface area (TPSA) is 75.4 Å². The number of hydrogen-bond acceptors (Lipinski definition) is 3. The maximum Gasteiger partial charge on any atom is 0.254 e. The molecule has 1 unspecified atom stereocenters. The van der Waals surface area contributed by atoms with Crippen LogP contribution in [-0.4, -0.2) is 42.9 Å². The molecule has 102 valence electrons. The molecule has 1 aromatic rings. The Kier molecular flexibility index (Phi) is 4.16. The van der Waals surface area contributed by atoms with Crippen LogP contribution in [0.25, 0.3) is 0 Å². The lowest BCUT2D eigenvalue weighted by atomic mass is 10.1. The van der Waals surface area contributed by atoms with Crippen LogP contribution < -0.4 is 11.1 Å². The van der Waals surface area contributed by atoms with Gasteiger partial charge in [-0.25, -0.2) is 0 Å². The van der Waals surface area contributed by atoms with Gasteiger partial charge in [0.15, 0.2) is 0 Å². The van der Waals surface area contributed by atoms with Gasteiger partial charge in [-0.15, -0.1) is 0 Å². The molecule has 2 rings (SSSR count). The zero-order valence-electron chi connectivity index (χ0n) is 11.1. The number of nitrogens with zero attached hydrogens (tertiary/aromatic N) is 1. The fraction of sp³-hybridized carbons (Fsp3) is 0.429. The molecule has 1 atom stereocenters. The third kappa shape index (κ3) is 2.93. The van der Waals surface area contributed by atoms with Crippen LogP contribution in [0.3, 0.4) is 0 Å². The van der Waals surface area contributed by atoms with E-state index in [1.807, 2.05) is 11.9 Å². The Hall–Kier alpha value is -1.88. The van der Waals surface area contributed by atoms with E-state index in [1.54, 1.807) is 24.3 Å². The van der Waals surface area contributed by atoms with Crippen LogP contribution in [0, 0.1) is 0 Å². The van der Waals surface area contributed by atoms with Crippen molar-refractivity contribution in [2.75, 3.05) is 20.1 Å². The number of nitrogens with two attached hydrogens (primary N) is 1. The van der Waals surface area contributed by atoms with Gasteiger partial charge >= 0.3 is 0 Å². The summed E-state index contributed by atoms with van der Waals surface area (Å²) in [5.41, 5.74) is 6.21. The molecular formula is C14H19N3O2. The van der Waals surface area contributed by atoms with E-state index in [2.05, 4.69) is 5.32 Å². The van der Waals surface area contributed by atoms with E-state index in [1.165, 1.54) is 0 Å². The van der Waals surface area contributed by atoms with Crippen LogP contribution in [0.1, 0.15) is 33.6 Å². The molecule has 0 bridgehead atoms. The van der Waals surface area contributed by atoms with Crippen molar-refractivity contribution >= 4 is 11.8 Å². The summed E-state index contributed by atoms with van der Waals surface area (Å²) in [6, 6.07) is 6.78. The highest BCUT2D eigenvalue weighted by molar-refractivity contribution is 5.97. The predicted octanol–water partition coefficient (Wildman–Crippen LogP) is 0.609. The van der Waals surface area contributed by atoms with E-state index in [9.17, 15) is 9.59 Å². The molecule has 1 saturated heterocycles. The number of rotatable bonds is 4. The lowest BCUT2D eigenvalue weighted by Gasteiger charge is -2.24. The predicted molar refractivity (Wildman–Crippen MR) is 72.9 cm³/mol.